The predicted molar refractivity (Wildman–Crippen MR) is 164 cm³/mol. The number of anilines is 3. The molecular weight excluding hydrogens is 741 g/mol. The summed E-state index contributed by atoms with van der Waals surface area (Å²) >= 11 is 4.32. The molecule has 0 bridgehead atoms. The van der Waals surface area contributed by atoms with Gasteiger partial charge in [0.1, 0.15) is 17.5 Å². The Hall–Kier alpha value is -1.19. The summed E-state index contributed by atoms with van der Waals surface area (Å²) in [4.78, 5) is 12.6. The van der Waals surface area contributed by atoms with Crippen molar-refractivity contribution in [3.8, 4) is 0 Å². The first kappa shape index (κ1) is 34.0. The third kappa shape index (κ3) is 12.9. The van der Waals surface area contributed by atoms with Crippen LogP contribution in [0.3, 0.4) is 0 Å². The summed E-state index contributed by atoms with van der Waals surface area (Å²) in [5, 5.41) is 37.3. The Bertz CT molecular complexity index is 944. The van der Waals surface area contributed by atoms with Crippen LogP contribution in [0.4, 0.5) is 21.8 Å². The van der Waals surface area contributed by atoms with E-state index in [1.807, 2.05) is 23.1 Å². The zero-order chi connectivity index (χ0) is 28.6. The monoisotopic (exact) mass is 778 g/mol. The quantitative estimate of drug-likeness (QED) is 0.160. The highest BCUT2D eigenvalue weighted by Crippen LogP contribution is 2.21. The molecule has 0 saturated carbocycles. The van der Waals surface area contributed by atoms with E-state index in [-0.39, 0.29) is 32.5 Å². The van der Waals surface area contributed by atoms with E-state index in [1.54, 1.807) is 0 Å². The largest absolute Gasteiger partial charge is 0.395 e. The summed E-state index contributed by atoms with van der Waals surface area (Å²) in [6.07, 6.45) is 0. The molecule has 2 aromatic heterocycles. The van der Waals surface area contributed by atoms with Crippen LogP contribution in [-0.2, 0) is 9.47 Å². The average Bonchev–Trinajstić information content (AvgIpc) is 2.96. The van der Waals surface area contributed by atoms with Gasteiger partial charge < -0.3 is 50.8 Å². The second kappa shape index (κ2) is 19.0. The lowest BCUT2D eigenvalue weighted by Gasteiger charge is -2.28. The number of aliphatic hydroxyl groups excluding tert-OH is 4. The Balaban J connectivity index is 0.000000234. The highest BCUT2D eigenvalue weighted by molar-refractivity contribution is 14.1. The number of aliphatic hydroxyl groups is 4. The molecule has 2 saturated heterocycles. The van der Waals surface area contributed by atoms with Crippen LogP contribution in [0.2, 0.25) is 0 Å². The Labute approximate surface area is 255 Å². The Kier molecular flexibility index (Phi) is 16.6. The molecule has 0 radical (unpaired) electrons. The summed E-state index contributed by atoms with van der Waals surface area (Å²) in [6, 6.07) is 6.37. The SMILES string of the molecule is Fc1cc(I)cc(N2CCOCC2)n1.NC(CO)CO.OCC(CO)Nc1cc(I)cc(N2CCOCC2)n1. The number of nitrogens with zero attached hydrogens (tertiary/aromatic N) is 4. The first-order chi connectivity index (χ1) is 18.8. The molecule has 2 fully saturated rings. The molecule has 39 heavy (non-hydrogen) atoms. The van der Waals surface area contributed by atoms with Gasteiger partial charge >= 0.3 is 0 Å². The van der Waals surface area contributed by atoms with Crippen LogP contribution in [0.1, 0.15) is 0 Å². The number of ether oxygens (including phenoxy) is 2. The average molecular weight is 778 g/mol. The number of hydrogen-bond acceptors (Lipinski definition) is 12. The number of morpholine rings is 2. The van der Waals surface area contributed by atoms with Gasteiger partial charge in [-0.3, -0.25) is 0 Å². The lowest BCUT2D eigenvalue weighted by molar-refractivity contribution is 0.122. The van der Waals surface area contributed by atoms with Crippen molar-refractivity contribution in [2.75, 3.05) is 94.2 Å². The van der Waals surface area contributed by atoms with E-state index in [0.29, 0.717) is 38.1 Å². The number of rotatable bonds is 8. The molecule has 0 aliphatic carbocycles. The molecule has 12 nitrogen and oxygen atoms in total. The minimum absolute atomic E-state index is 0.128. The van der Waals surface area contributed by atoms with E-state index in [4.69, 9.17) is 35.6 Å². The van der Waals surface area contributed by atoms with Gasteiger partial charge in [-0.2, -0.15) is 4.39 Å². The number of aromatic nitrogens is 2. The Morgan fingerprint density at radius 3 is 1.67 bits per heavy atom. The molecule has 2 aliphatic heterocycles. The van der Waals surface area contributed by atoms with Gasteiger partial charge in [-0.25, -0.2) is 9.97 Å². The zero-order valence-electron chi connectivity index (χ0n) is 21.6. The van der Waals surface area contributed by atoms with Crippen molar-refractivity contribution in [2.24, 2.45) is 5.73 Å². The van der Waals surface area contributed by atoms with Crippen molar-refractivity contribution in [3.05, 3.63) is 37.4 Å². The summed E-state index contributed by atoms with van der Waals surface area (Å²) in [7, 11) is 0. The Morgan fingerprint density at radius 1 is 0.795 bits per heavy atom. The van der Waals surface area contributed by atoms with Crippen LogP contribution in [-0.4, -0.2) is 122 Å². The Morgan fingerprint density at radius 2 is 1.26 bits per heavy atom. The standard InChI is InChI=1S/C12H18IN3O3.C9H10FIN2O.C3H9NO2/c13-9-5-11(14-10(7-17)8-18)15-12(6-9)16-1-3-19-4-2-16;10-8-5-7(11)6-9(12-8)13-1-3-14-4-2-13;4-3(1-5)2-6/h5-6,10,17-18H,1-4,7-8H2,(H,14,15);5-6H,1-4H2;3,5-6H,1-2,4H2. The fourth-order valence-electron chi connectivity index (χ4n) is 3.34. The highest BCUT2D eigenvalue weighted by atomic mass is 127. The number of halogens is 3. The highest BCUT2D eigenvalue weighted by Gasteiger charge is 2.15. The van der Waals surface area contributed by atoms with Crippen molar-refractivity contribution in [2.45, 2.75) is 12.1 Å². The van der Waals surface area contributed by atoms with Crippen molar-refractivity contribution in [3.63, 3.8) is 0 Å². The summed E-state index contributed by atoms with van der Waals surface area (Å²) < 4.78 is 25.5. The maximum absolute atomic E-state index is 13.0. The molecule has 220 valence electrons. The van der Waals surface area contributed by atoms with E-state index < -0.39 is 12.0 Å². The van der Waals surface area contributed by atoms with Crippen LogP contribution in [0.5, 0.6) is 0 Å². The molecule has 0 aromatic carbocycles. The molecule has 4 heterocycles. The fraction of sp³-hybridized carbons (Fsp3) is 0.583. The molecule has 0 unspecified atom stereocenters. The second-order valence-corrected chi connectivity index (χ2v) is 11.0. The maximum atomic E-state index is 13.0. The number of nitrogens with two attached hydrogens (primary N) is 1. The van der Waals surface area contributed by atoms with Crippen LogP contribution < -0.4 is 20.9 Å². The lowest BCUT2D eigenvalue weighted by atomic mass is 10.3. The van der Waals surface area contributed by atoms with Gasteiger partial charge in [0.15, 0.2) is 0 Å². The minimum atomic E-state index is -0.454. The number of hydrogen-bond donors (Lipinski definition) is 6. The van der Waals surface area contributed by atoms with E-state index in [2.05, 4.69) is 65.4 Å². The van der Waals surface area contributed by atoms with Crippen molar-refractivity contribution in [1.29, 1.82) is 0 Å². The molecular formula is C24H37FI2N6O6. The van der Waals surface area contributed by atoms with Crippen LogP contribution in [0.15, 0.2) is 24.3 Å². The molecule has 2 aromatic rings. The van der Waals surface area contributed by atoms with Crippen LogP contribution in [0, 0.1) is 13.1 Å². The maximum Gasteiger partial charge on any atom is 0.215 e. The molecule has 15 heteroatoms. The molecule has 0 atom stereocenters. The van der Waals surface area contributed by atoms with Gasteiger partial charge in [-0.1, -0.05) is 0 Å². The van der Waals surface area contributed by atoms with Crippen molar-refractivity contribution in [1.82, 2.24) is 9.97 Å². The van der Waals surface area contributed by atoms with Crippen molar-refractivity contribution >= 4 is 62.6 Å². The first-order valence-corrected chi connectivity index (χ1v) is 14.6. The molecule has 0 spiro atoms. The minimum Gasteiger partial charge on any atom is -0.395 e. The van der Waals surface area contributed by atoms with Gasteiger partial charge in [0.25, 0.3) is 0 Å². The summed E-state index contributed by atoms with van der Waals surface area (Å²) in [6.45, 7) is 5.49. The van der Waals surface area contributed by atoms with Gasteiger partial charge in [-0.05, 0) is 63.4 Å². The summed E-state index contributed by atoms with van der Waals surface area (Å²) in [5.74, 6) is 1.85. The van der Waals surface area contributed by atoms with Gasteiger partial charge in [0.05, 0.1) is 64.9 Å². The number of nitrogens with one attached hydrogen (secondary N) is 1. The molecule has 0 amide bonds. The molecule has 7 N–H and O–H groups in total. The predicted octanol–water partition coefficient (Wildman–Crippen LogP) is 0.248. The van der Waals surface area contributed by atoms with Crippen LogP contribution >= 0.6 is 45.2 Å². The smallest absolute Gasteiger partial charge is 0.215 e. The molecule has 4 rings (SSSR count). The van der Waals surface area contributed by atoms with Gasteiger partial charge in [0.2, 0.25) is 5.95 Å². The van der Waals surface area contributed by atoms with E-state index in [9.17, 15) is 4.39 Å². The first-order valence-electron chi connectivity index (χ1n) is 12.4. The van der Waals surface area contributed by atoms with E-state index in [0.717, 1.165) is 39.1 Å². The van der Waals surface area contributed by atoms with Gasteiger partial charge in [0, 0.05) is 39.4 Å². The third-order valence-electron chi connectivity index (χ3n) is 5.45. The summed E-state index contributed by atoms with van der Waals surface area (Å²) in [5.41, 5.74) is 4.97. The van der Waals surface area contributed by atoms with E-state index in [1.165, 1.54) is 6.07 Å². The van der Waals surface area contributed by atoms with E-state index >= 15 is 0 Å². The van der Waals surface area contributed by atoms with Gasteiger partial charge in [-0.15, -0.1) is 0 Å². The fourth-order valence-corrected chi connectivity index (χ4v) is 4.44. The normalized spacial score (nSPS) is 15.4. The second-order valence-electron chi connectivity index (χ2n) is 8.53. The molecule has 2 aliphatic rings. The lowest BCUT2D eigenvalue weighted by Crippen LogP contribution is -2.37. The van der Waals surface area contributed by atoms with Crippen molar-refractivity contribution < 1.29 is 34.3 Å². The third-order valence-corrected chi connectivity index (χ3v) is 6.70. The van der Waals surface area contributed by atoms with Crippen LogP contribution in [0.25, 0.3) is 0 Å². The zero-order valence-corrected chi connectivity index (χ0v) is 25.9. The topological polar surface area (TPSA) is 170 Å². The number of pyridine rings is 2.